The van der Waals surface area contributed by atoms with Crippen molar-refractivity contribution in [3.05, 3.63) is 58.7 Å². The number of aromatic nitrogens is 2. The van der Waals surface area contributed by atoms with Gasteiger partial charge in [-0.3, -0.25) is 14.6 Å². The van der Waals surface area contributed by atoms with Gasteiger partial charge in [0.25, 0.3) is 5.91 Å². The van der Waals surface area contributed by atoms with Crippen LogP contribution in [0.4, 0.5) is 5.69 Å². The van der Waals surface area contributed by atoms with Gasteiger partial charge in [0.2, 0.25) is 0 Å². The van der Waals surface area contributed by atoms with Crippen LogP contribution < -0.4 is 5.32 Å². The van der Waals surface area contributed by atoms with Crippen LogP contribution in [-0.4, -0.2) is 34.2 Å². The number of hydrogen-bond donors (Lipinski definition) is 1. The number of nitrogens with zero attached hydrogens (tertiary/aromatic N) is 2. The third-order valence-electron chi connectivity index (χ3n) is 3.59. The number of esters is 1. The quantitative estimate of drug-likeness (QED) is 0.456. The minimum absolute atomic E-state index is 0.0532. The van der Waals surface area contributed by atoms with Crippen molar-refractivity contribution in [1.29, 1.82) is 0 Å². The van der Waals surface area contributed by atoms with E-state index in [1.165, 1.54) is 11.8 Å². The van der Waals surface area contributed by atoms with E-state index < -0.39 is 5.97 Å². The summed E-state index contributed by atoms with van der Waals surface area (Å²) in [7, 11) is 0. The number of benzene rings is 2. The third-order valence-corrected chi connectivity index (χ3v) is 4.96. The normalized spacial score (nSPS) is 10.6. The van der Waals surface area contributed by atoms with E-state index >= 15 is 0 Å². The molecule has 0 spiro atoms. The molecular formula is C19H16BrN3O3S. The maximum atomic E-state index is 11.9. The Labute approximate surface area is 168 Å². The zero-order valence-corrected chi connectivity index (χ0v) is 16.8. The Balaban J connectivity index is 1.46. The highest BCUT2D eigenvalue weighted by Gasteiger charge is 2.11. The first-order valence-corrected chi connectivity index (χ1v) is 9.85. The second-order valence-corrected chi connectivity index (χ2v) is 7.57. The van der Waals surface area contributed by atoms with Crippen LogP contribution >= 0.6 is 27.7 Å². The average molecular weight is 446 g/mol. The Bertz CT molecular complexity index is 997. The first-order chi connectivity index (χ1) is 13.0. The van der Waals surface area contributed by atoms with Gasteiger partial charge >= 0.3 is 5.97 Å². The molecular weight excluding hydrogens is 430 g/mol. The van der Waals surface area contributed by atoms with Crippen LogP contribution in [0.5, 0.6) is 0 Å². The molecule has 0 aliphatic heterocycles. The van der Waals surface area contributed by atoms with Gasteiger partial charge in [-0.1, -0.05) is 39.8 Å². The molecule has 0 aliphatic rings. The third kappa shape index (κ3) is 5.51. The van der Waals surface area contributed by atoms with Crippen molar-refractivity contribution in [2.24, 2.45) is 0 Å². The number of amides is 1. The molecule has 138 valence electrons. The highest BCUT2D eigenvalue weighted by molar-refractivity contribution is 9.10. The summed E-state index contributed by atoms with van der Waals surface area (Å²) in [5.41, 5.74) is 3.15. The zero-order chi connectivity index (χ0) is 19.2. The van der Waals surface area contributed by atoms with Gasteiger partial charge in [-0.15, -0.1) is 0 Å². The van der Waals surface area contributed by atoms with Crippen molar-refractivity contribution in [2.75, 3.05) is 17.7 Å². The fourth-order valence-electron chi connectivity index (χ4n) is 2.28. The van der Waals surface area contributed by atoms with E-state index in [9.17, 15) is 9.59 Å². The lowest BCUT2D eigenvalue weighted by atomic mass is 10.2. The van der Waals surface area contributed by atoms with Gasteiger partial charge in [-0.2, -0.15) is 0 Å². The predicted octanol–water partition coefficient (Wildman–Crippen LogP) is 3.97. The van der Waals surface area contributed by atoms with Gasteiger partial charge in [0.1, 0.15) is 5.03 Å². The molecule has 0 unspecified atom stereocenters. The molecule has 1 amide bonds. The molecule has 0 saturated carbocycles. The molecule has 1 aromatic heterocycles. The highest BCUT2D eigenvalue weighted by Crippen LogP contribution is 2.20. The number of halogens is 1. The smallest absolute Gasteiger partial charge is 0.316 e. The summed E-state index contributed by atoms with van der Waals surface area (Å²) in [5.74, 6) is -0.820. The Morgan fingerprint density at radius 1 is 1.19 bits per heavy atom. The Kier molecular flexibility index (Phi) is 6.41. The van der Waals surface area contributed by atoms with Crippen LogP contribution in [0.3, 0.4) is 0 Å². The van der Waals surface area contributed by atoms with Crippen molar-refractivity contribution < 1.29 is 14.3 Å². The number of anilines is 1. The summed E-state index contributed by atoms with van der Waals surface area (Å²) >= 11 is 4.59. The zero-order valence-electron chi connectivity index (χ0n) is 14.4. The lowest BCUT2D eigenvalue weighted by Gasteiger charge is -2.09. The topological polar surface area (TPSA) is 81.2 Å². The van der Waals surface area contributed by atoms with E-state index in [1.807, 2.05) is 43.3 Å². The Morgan fingerprint density at radius 3 is 2.74 bits per heavy atom. The van der Waals surface area contributed by atoms with E-state index in [0.29, 0.717) is 10.7 Å². The maximum Gasteiger partial charge on any atom is 0.316 e. The van der Waals surface area contributed by atoms with Crippen LogP contribution in [0.1, 0.15) is 5.56 Å². The molecule has 0 bridgehead atoms. The van der Waals surface area contributed by atoms with E-state index in [4.69, 9.17) is 4.74 Å². The first kappa shape index (κ1) is 19.3. The lowest BCUT2D eigenvalue weighted by Crippen LogP contribution is -2.22. The standard InChI is InChI=1S/C19H16BrN3O3S/c1-12-8-13(20)6-7-14(12)22-17(24)10-26-19(25)11-27-18-9-21-15-4-2-3-5-16(15)23-18/h2-9H,10-11H2,1H3,(H,22,24). The molecule has 0 fully saturated rings. The molecule has 2 aromatic carbocycles. The minimum atomic E-state index is -0.488. The summed E-state index contributed by atoms with van der Waals surface area (Å²) in [6.07, 6.45) is 1.61. The maximum absolute atomic E-state index is 11.9. The van der Waals surface area contributed by atoms with E-state index in [-0.39, 0.29) is 18.3 Å². The van der Waals surface area contributed by atoms with E-state index in [0.717, 1.165) is 21.1 Å². The molecule has 1 N–H and O–H groups in total. The van der Waals surface area contributed by atoms with Gasteiger partial charge in [0.05, 0.1) is 23.0 Å². The highest BCUT2D eigenvalue weighted by atomic mass is 79.9. The van der Waals surface area contributed by atoms with Crippen molar-refractivity contribution in [2.45, 2.75) is 11.9 Å². The van der Waals surface area contributed by atoms with Crippen LogP contribution in [0.25, 0.3) is 11.0 Å². The number of thioether (sulfide) groups is 1. The predicted molar refractivity (Wildman–Crippen MR) is 109 cm³/mol. The van der Waals surface area contributed by atoms with Crippen LogP contribution in [0.15, 0.2) is 58.2 Å². The number of carbonyl (C=O) groups is 2. The number of fused-ring (bicyclic) bond motifs is 1. The Hall–Kier alpha value is -2.45. The fraction of sp³-hybridized carbons (Fsp3) is 0.158. The molecule has 3 aromatic rings. The van der Waals surface area contributed by atoms with Crippen molar-refractivity contribution in [3.8, 4) is 0 Å². The van der Waals surface area contributed by atoms with Crippen molar-refractivity contribution in [3.63, 3.8) is 0 Å². The molecule has 0 aliphatic carbocycles. The number of nitrogens with one attached hydrogen (secondary N) is 1. The van der Waals surface area contributed by atoms with Crippen molar-refractivity contribution >= 4 is 56.3 Å². The number of hydrogen-bond acceptors (Lipinski definition) is 6. The van der Waals surface area contributed by atoms with Gasteiger partial charge in [-0.05, 0) is 42.8 Å². The summed E-state index contributed by atoms with van der Waals surface area (Å²) in [5, 5.41) is 3.35. The molecule has 0 radical (unpaired) electrons. The van der Waals surface area contributed by atoms with Gasteiger partial charge < -0.3 is 10.1 Å². The second kappa shape index (κ2) is 8.96. The molecule has 1 heterocycles. The number of para-hydroxylation sites is 2. The summed E-state index contributed by atoms with van der Waals surface area (Å²) in [6, 6.07) is 13.0. The molecule has 8 heteroatoms. The first-order valence-electron chi connectivity index (χ1n) is 8.07. The van der Waals surface area contributed by atoms with Crippen LogP contribution in [0, 0.1) is 6.92 Å². The van der Waals surface area contributed by atoms with Gasteiger partial charge in [0.15, 0.2) is 6.61 Å². The molecule has 6 nitrogen and oxygen atoms in total. The number of ether oxygens (including phenoxy) is 1. The Morgan fingerprint density at radius 2 is 1.96 bits per heavy atom. The lowest BCUT2D eigenvalue weighted by molar-refractivity contribution is -0.144. The molecule has 0 atom stereocenters. The SMILES string of the molecule is Cc1cc(Br)ccc1NC(=O)COC(=O)CSc1cnc2ccccc2n1. The van der Waals surface area contributed by atoms with Crippen LogP contribution in [-0.2, 0) is 14.3 Å². The second-order valence-electron chi connectivity index (χ2n) is 5.65. The summed E-state index contributed by atoms with van der Waals surface area (Å²) < 4.78 is 5.95. The largest absolute Gasteiger partial charge is 0.455 e. The number of rotatable bonds is 6. The van der Waals surface area contributed by atoms with Crippen LogP contribution in [0.2, 0.25) is 0 Å². The number of carbonyl (C=O) groups excluding carboxylic acids is 2. The molecule has 27 heavy (non-hydrogen) atoms. The summed E-state index contributed by atoms with van der Waals surface area (Å²) in [6.45, 7) is 1.55. The minimum Gasteiger partial charge on any atom is -0.455 e. The van der Waals surface area contributed by atoms with E-state index in [1.54, 1.807) is 12.3 Å². The average Bonchev–Trinajstić information content (AvgIpc) is 2.67. The van der Waals surface area contributed by atoms with E-state index in [2.05, 4.69) is 31.2 Å². The van der Waals surface area contributed by atoms with Gasteiger partial charge in [-0.25, -0.2) is 4.98 Å². The molecule has 3 rings (SSSR count). The number of aryl methyl sites for hydroxylation is 1. The molecule has 0 saturated heterocycles. The monoisotopic (exact) mass is 445 g/mol. The summed E-state index contributed by atoms with van der Waals surface area (Å²) in [4.78, 5) is 32.5. The fourth-order valence-corrected chi connectivity index (χ4v) is 3.40. The van der Waals surface area contributed by atoms with Crippen molar-refractivity contribution in [1.82, 2.24) is 9.97 Å². The van der Waals surface area contributed by atoms with Gasteiger partial charge in [0, 0.05) is 10.2 Å².